The van der Waals surface area contributed by atoms with Crippen molar-refractivity contribution in [1.82, 2.24) is 9.97 Å². The molecular weight excluding hydrogens is 250 g/mol. The molecular formula is C16H15N3O. The van der Waals surface area contributed by atoms with Gasteiger partial charge in [0.15, 0.2) is 0 Å². The van der Waals surface area contributed by atoms with E-state index in [0.29, 0.717) is 12.3 Å². The summed E-state index contributed by atoms with van der Waals surface area (Å²) in [6.07, 6.45) is 3.36. The Labute approximate surface area is 117 Å². The molecule has 3 aromatic rings. The molecule has 4 heteroatoms. The minimum absolute atomic E-state index is 0.348. The van der Waals surface area contributed by atoms with E-state index in [1.165, 1.54) is 0 Å². The number of para-hydroxylation sites is 1. The first kappa shape index (κ1) is 12.4. The molecule has 1 heterocycles. The summed E-state index contributed by atoms with van der Waals surface area (Å²) in [4.78, 5) is 8.51. The third kappa shape index (κ3) is 2.40. The molecule has 20 heavy (non-hydrogen) atoms. The maximum absolute atomic E-state index is 9.98. The SMILES string of the molecule is Cc1cccc(CNc2ccc3nccnc3c2)c1O. The topological polar surface area (TPSA) is 58.0 Å². The van der Waals surface area contributed by atoms with Gasteiger partial charge < -0.3 is 10.4 Å². The molecule has 3 rings (SSSR count). The summed E-state index contributed by atoms with van der Waals surface area (Å²) < 4.78 is 0. The number of aromatic hydroxyl groups is 1. The number of rotatable bonds is 3. The summed E-state index contributed by atoms with van der Waals surface area (Å²) in [5.74, 6) is 0.348. The number of fused-ring (bicyclic) bond motifs is 1. The zero-order chi connectivity index (χ0) is 13.9. The second kappa shape index (κ2) is 5.17. The van der Waals surface area contributed by atoms with Crippen LogP contribution in [-0.4, -0.2) is 15.1 Å². The molecule has 0 atom stereocenters. The maximum Gasteiger partial charge on any atom is 0.123 e. The van der Waals surface area contributed by atoms with Crippen molar-refractivity contribution in [3.8, 4) is 5.75 Å². The second-order valence-electron chi connectivity index (χ2n) is 4.70. The van der Waals surface area contributed by atoms with Crippen LogP contribution in [0.5, 0.6) is 5.75 Å². The van der Waals surface area contributed by atoms with E-state index >= 15 is 0 Å². The van der Waals surface area contributed by atoms with Crippen molar-refractivity contribution in [2.75, 3.05) is 5.32 Å². The molecule has 0 saturated heterocycles. The zero-order valence-electron chi connectivity index (χ0n) is 11.2. The first-order valence-electron chi connectivity index (χ1n) is 6.46. The van der Waals surface area contributed by atoms with Crippen LogP contribution in [0, 0.1) is 6.92 Å². The Morgan fingerprint density at radius 3 is 2.70 bits per heavy atom. The molecule has 0 fully saturated rings. The summed E-state index contributed by atoms with van der Waals surface area (Å²) in [6.45, 7) is 2.46. The van der Waals surface area contributed by atoms with Gasteiger partial charge >= 0.3 is 0 Å². The Hall–Kier alpha value is -2.62. The largest absolute Gasteiger partial charge is 0.507 e. The van der Waals surface area contributed by atoms with Crippen LogP contribution in [0.4, 0.5) is 5.69 Å². The summed E-state index contributed by atoms with van der Waals surface area (Å²) in [7, 11) is 0. The highest BCUT2D eigenvalue weighted by molar-refractivity contribution is 5.78. The van der Waals surface area contributed by atoms with E-state index in [-0.39, 0.29) is 0 Å². The second-order valence-corrected chi connectivity index (χ2v) is 4.70. The number of phenols is 1. The highest BCUT2D eigenvalue weighted by Crippen LogP contribution is 2.23. The van der Waals surface area contributed by atoms with Crippen LogP contribution in [0.15, 0.2) is 48.8 Å². The molecule has 0 radical (unpaired) electrons. The summed E-state index contributed by atoms with van der Waals surface area (Å²) in [5.41, 5.74) is 4.44. The highest BCUT2D eigenvalue weighted by atomic mass is 16.3. The van der Waals surface area contributed by atoms with Gasteiger partial charge in [0.05, 0.1) is 11.0 Å². The summed E-state index contributed by atoms with van der Waals surface area (Å²) in [6, 6.07) is 11.6. The van der Waals surface area contributed by atoms with Crippen molar-refractivity contribution in [2.45, 2.75) is 13.5 Å². The predicted molar refractivity (Wildman–Crippen MR) is 79.7 cm³/mol. The van der Waals surface area contributed by atoms with Gasteiger partial charge in [-0.3, -0.25) is 9.97 Å². The van der Waals surface area contributed by atoms with Gasteiger partial charge in [0.2, 0.25) is 0 Å². The van der Waals surface area contributed by atoms with E-state index in [1.807, 2.05) is 43.3 Å². The molecule has 0 aliphatic rings. The summed E-state index contributed by atoms with van der Waals surface area (Å²) in [5, 5.41) is 13.3. The minimum Gasteiger partial charge on any atom is -0.507 e. The van der Waals surface area contributed by atoms with E-state index < -0.39 is 0 Å². The van der Waals surface area contributed by atoms with E-state index in [2.05, 4.69) is 15.3 Å². The van der Waals surface area contributed by atoms with Gasteiger partial charge in [-0.05, 0) is 30.7 Å². The molecule has 0 unspecified atom stereocenters. The monoisotopic (exact) mass is 265 g/mol. The van der Waals surface area contributed by atoms with Crippen molar-refractivity contribution in [3.63, 3.8) is 0 Å². The van der Waals surface area contributed by atoms with Crippen LogP contribution in [0.2, 0.25) is 0 Å². The van der Waals surface area contributed by atoms with E-state index in [0.717, 1.165) is 27.8 Å². The molecule has 0 bridgehead atoms. The van der Waals surface area contributed by atoms with Crippen LogP contribution in [-0.2, 0) is 6.54 Å². The number of aromatic nitrogens is 2. The molecule has 0 amide bonds. The Balaban J connectivity index is 1.81. The molecule has 0 aliphatic heterocycles. The van der Waals surface area contributed by atoms with E-state index in [1.54, 1.807) is 12.4 Å². The van der Waals surface area contributed by atoms with Crippen molar-refractivity contribution < 1.29 is 5.11 Å². The fourth-order valence-corrected chi connectivity index (χ4v) is 2.13. The van der Waals surface area contributed by atoms with Gasteiger partial charge in [-0.1, -0.05) is 18.2 Å². The number of benzene rings is 2. The lowest BCUT2D eigenvalue weighted by atomic mass is 10.1. The lowest BCUT2D eigenvalue weighted by molar-refractivity contribution is 0.465. The minimum atomic E-state index is 0.348. The molecule has 0 spiro atoms. The molecule has 4 nitrogen and oxygen atoms in total. The van der Waals surface area contributed by atoms with Crippen molar-refractivity contribution in [2.24, 2.45) is 0 Å². The first-order chi connectivity index (χ1) is 9.74. The molecule has 0 saturated carbocycles. The Kier molecular flexibility index (Phi) is 3.21. The number of nitrogens with zero attached hydrogens (tertiary/aromatic N) is 2. The molecule has 2 N–H and O–H groups in total. The van der Waals surface area contributed by atoms with Crippen LogP contribution in [0.25, 0.3) is 11.0 Å². The number of anilines is 1. The highest BCUT2D eigenvalue weighted by Gasteiger charge is 2.04. The summed E-state index contributed by atoms with van der Waals surface area (Å²) >= 11 is 0. The normalized spacial score (nSPS) is 10.7. The zero-order valence-corrected chi connectivity index (χ0v) is 11.2. The third-order valence-electron chi connectivity index (χ3n) is 3.27. The van der Waals surface area contributed by atoms with Gasteiger partial charge in [0.1, 0.15) is 5.75 Å². The average molecular weight is 265 g/mol. The van der Waals surface area contributed by atoms with Crippen LogP contribution >= 0.6 is 0 Å². The fraction of sp³-hybridized carbons (Fsp3) is 0.125. The lowest BCUT2D eigenvalue weighted by Gasteiger charge is -2.10. The van der Waals surface area contributed by atoms with Gasteiger partial charge in [-0.15, -0.1) is 0 Å². The average Bonchev–Trinajstić information content (AvgIpc) is 2.48. The predicted octanol–water partition coefficient (Wildman–Crippen LogP) is 3.26. The first-order valence-corrected chi connectivity index (χ1v) is 6.46. The molecule has 100 valence electrons. The van der Waals surface area contributed by atoms with Crippen LogP contribution in [0.3, 0.4) is 0 Å². The molecule has 0 aliphatic carbocycles. The van der Waals surface area contributed by atoms with E-state index in [9.17, 15) is 5.11 Å². The lowest BCUT2D eigenvalue weighted by Crippen LogP contribution is -2.00. The number of phenolic OH excluding ortho intramolecular Hbond substituents is 1. The number of hydrogen-bond donors (Lipinski definition) is 2. The Morgan fingerprint density at radius 2 is 1.85 bits per heavy atom. The van der Waals surface area contributed by atoms with Crippen LogP contribution < -0.4 is 5.32 Å². The van der Waals surface area contributed by atoms with Gasteiger partial charge in [-0.2, -0.15) is 0 Å². The quantitative estimate of drug-likeness (QED) is 0.763. The number of hydrogen-bond acceptors (Lipinski definition) is 4. The smallest absolute Gasteiger partial charge is 0.123 e. The van der Waals surface area contributed by atoms with Crippen molar-refractivity contribution >= 4 is 16.7 Å². The number of nitrogens with one attached hydrogen (secondary N) is 1. The van der Waals surface area contributed by atoms with Gasteiger partial charge in [-0.25, -0.2) is 0 Å². The molecule has 2 aromatic carbocycles. The van der Waals surface area contributed by atoms with Crippen LogP contribution in [0.1, 0.15) is 11.1 Å². The van der Waals surface area contributed by atoms with E-state index in [4.69, 9.17) is 0 Å². The Bertz CT molecular complexity index is 756. The van der Waals surface area contributed by atoms with Gasteiger partial charge in [0, 0.05) is 30.2 Å². The third-order valence-corrected chi connectivity index (χ3v) is 3.27. The van der Waals surface area contributed by atoms with Gasteiger partial charge in [0.25, 0.3) is 0 Å². The number of aryl methyl sites for hydroxylation is 1. The molecule has 1 aromatic heterocycles. The van der Waals surface area contributed by atoms with Crippen molar-refractivity contribution in [1.29, 1.82) is 0 Å². The maximum atomic E-state index is 9.98. The Morgan fingerprint density at radius 1 is 1.05 bits per heavy atom. The standard InChI is InChI=1S/C16H15N3O/c1-11-3-2-4-12(16(11)20)10-19-13-5-6-14-15(9-13)18-8-7-17-14/h2-9,19-20H,10H2,1H3. The van der Waals surface area contributed by atoms with Crippen molar-refractivity contribution in [3.05, 3.63) is 59.9 Å². The fourth-order valence-electron chi connectivity index (χ4n) is 2.13.